The minimum absolute atomic E-state index is 0.0685. The molecule has 0 saturated carbocycles. The summed E-state index contributed by atoms with van der Waals surface area (Å²) >= 11 is 1.50. The van der Waals surface area contributed by atoms with Gasteiger partial charge < -0.3 is 5.73 Å². The van der Waals surface area contributed by atoms with E-state index in [1.54, 1.807) is 12.3 Å². The highest BCUT2D eigenvalue weighted by atomic mass is 32.1. The number of nitrogens with zero attached hydrogens (tertiary/aromatic N) is 1. The fourth-order valence-electron chi connectivity index (χ4n) is 2.08. The van der Waals surface area contributed by atoms with E-state index in [1.165, 1.54) is 11.3 Å². The van der Waals surface area contributed by atoms with Crippen LogP contribution in [0.4, 0.5) is 0 Å². The van der Waals surface area contributed by atoms with Gasteiger partial charge in [0.25, 0.3) is 0 Å². The van der Waals surface area contributed by atoms with Crippen LogP contribution >= 0.6 is 11.3 Å². The van der Waals surface area contributed by atoms with E-state index in [9.17, 15) is 4.79 Å². The summed E-state index contributed by atoms with van der Waals surface area (Å²) in [5.41, 5.74) is 7.49. The number of nitrogens with two attached hydrogens (primary N) is 1. The molecule has 1 aromatic carbocycles. The van der Waals surface area contributed by atoms with Crippen LogP contribution in [0.15, 0.2) is 54.0 Å². The first-order valence-electron chi connectivity index (χ1n) is 5.94. The maximum Gasteiger partial charge on any atom is 0.185 e. The zero-order valence-corrected chi connectivity index (χ0v) is 10.9. The predicted octanol–water partition coefficient (Wildman–Crippen LogP) is 3.18. The summed E-state index contributed by atoms with van der Waals surface area (Å²) < 4.78 is 0. The second-order valence-electron chi connectivity index (χ2n) is 4.23. The van der Waals surface area contributed by atoms with Crippen molar-refractivity contribution in [3.8, 4) is 0 Å². The summed E-state index contributed by atoms with van der Waals surface area (Å²) in [5, 5.41) is 2.77. The zero-order chi connectivity index (χ0) is 13.2. The molecule has 2 heterocycles. The van der Waals surface area contributed by atoms with E-state index in [-0.39, 0.29) is 5.78 Å². The molecule has 0 aliphatic heterocycles. The second-order valence-corrected chi connectivity index (χ2v) is 5.21. The molecule has 0 aliphatic rings. The van der Waals surface area contributed by atoms with E-state index in [1.807, 2.05) is 41.8 Å². The van der Waals surface area contributed by atoms with Crippen LogP contribution in [0, 0.1) is 0 Å². The highest BCUT2D eigenvalue weighted by Crippen LogP contribution is 2.24. The lowest BCUT2D eigenvalue weighted by Gasteiger charge is -2.10. The minimum Gasteiger partial charge on any atom is -0.317 e. The van der Waals surface area contributed by atoms with Gasteiger partial charge >= 0.3 is 0 Å². The Hall–Kier alpha value is -2.04. The van der Waals surface area contributed by atoms with E-state index < -0.39 is 6.04 Å². The summed E-state index contributed by atoms with van der Waals surface area (Å²) in [7, 11) is 0. The van der Waals surface area contributed by atoms with E-state index >= 15 is 0 Å². The van der Waals surface area contributed by atoms with Crippen LogP contribution in [0.2, 0.25) is 0 Å². The molecule has 0 aliphatic carbocycles. The number of pyridine rings is 1. The SMILES string of the molecule is NC(C(=O)c1cccc2ncccc12)c1cccs1. The van der Waals surface area contributed by atoms with Gasteiger partial charge in [-0.25, -0.2) is 0 Å². The van der Waals surface area contributed by atoms with Gasteiger partial charge in [-0.15, -0.1) is 11.3 Å². The first-order chi connectivity index (χ1) is 9.27. The summed E-state index contributed by atoms with van der Waals surface area (Å²) in [4.78, 5) is 17.6. The lowest BCUT2D eigenvalue weighted by molar-refractivity contribution is 0.0964. The highest BCUT2D eigenvalue weighted by Gasteiger charge is 2.20. The molecule has 3 nitrogen and oxygen atoms in total. The molecule has 0 radical (unpaired) electrons. The van der Waals surface area contributed by atoms with Crippen LogP contribution < -0.4 is 5.73 Å². The monoisotopic (exact) mass is 268 g/mol. The summed E-state index contributed by atoms with van der Waals surface area (Å²) in [6.07, 6.45) is 1.72. The zero-order valence-electron chi connectivity index (χ0n) is 10.1. The van der Waals surface area contributed by atoms with Crippen molar-refractivity contribution in [1.29, 1.82) is 0 Å². The van der Waals surface area contributed by atoms with Gasteiger partial charge in [0.2, 0.25) is 0 Å². The molecule has 2 aromatic heterocycles. The third kappa shape index (κ3) is 2.16. The van der Waals surface area contributed by atoms with Crippen molar-refractivity contribution in [1.82, 2.24) is 4.98 Å². The number of Topliss-reactive ketones (excluding diaryl/α,β-unsaturated/α-hetero) is 1. The first-order valence-corrected chi connectivity index (χ1v) is 6.82. The molecule has 0 saturated heterocycles. The minimum atomic E-state index is -0.606. The molecule has 94 valence electrons. The predicted molar refractivity (Wildman–Crippen MR) is 77.3 cm³/mol. The van der Waals surface area contributed by atoms with Gasteiger partial charge in [-0.1, -0.05) is 24.3 Å². The topological polar surface area (TPSA) is 56.0 Å². The molecule has 1 unspecified atom stereocenters. The Bertz CT molecular complexity index is 717. The number of aromatic nitrogens is 1. The third-order valence-corrected chi connectivity index (χ3v) is 4.00. The van der Waals surface area contributed by atoms with Crippen LogP contribution in [0.5, 0.6) is 0 Å². The molecule has 1 atom stereocenters. The van der Waals surface area contributed by atoms with Crippen molar-refractivity contribution < 1.29 is 4.79 Å². The number of benzene rings is 1. The van der Waals surface area contributed by atoms with Crippen molar-refractivity contribution in [2.75, 3.05) is 0 Å². The fourth-order valence-corrected chi connectivity index (χ4v) is 2.81. The number of thiophene rings is 1. The molecule has 0 spiro atoms. The van der Waals surface area contributed by atoms with E-state index in [4.69, 9.17) is 5.73 Å². The Morgan fingerprint density at radius 2 is 2.05 bits per heavy atom. The van der Waals surface area contributed by atoms with Gasteiger partial charge in [-0.3, -0.25) is 9.78 Å². The van der Waals surface area contributed by atoms with Crippen molar-refractivity contribution in [2.24, 2.45) is 5.73 Å². The molecule has 3 aromatic rings. The average molecular weight is 268 g/mol. The number of hydrogen-bond acceptors (Lipinski definition) is 4. The summed E-state index contributed by atoms with van der Waals surface area (Å²) in [6.45, 7) is 0. The number of hydrogen-bond donors (Lipinski definition) is 1. The maximum absolute atomic E-state index is 12.5. The molecule has 19 heavy (non-hydrogen) atoms. The van der Waals surface area contributed by atoms with Gasteiger partial charge in [0, 0.05) is 22.0 Å². The highest BCUT2D eigenvalue weighted by molar-refractivity contribution is 7.10. The quantitative estimate of drug-likeness (QED) is 0.742. The molecule has 4 heteroatoms. The third-order valence-electron chi connectivity index (χ3n) is 3.04. The lowest BCUT2D eigenvalue weighted by atomic mass is 9.99. The van der Waals surface area contributed by atoms with Gasteiger partial charge in [0.1, 0.15) is 6.04 Å². The van der Waals surface area contributed by atoms with Crippen LogP contribution in [-0.2, 0) is 0 Å². The van der Waals surface area contributed by atoms with Crippen molar-refractivity contribution in [2.45, 2.75) is 6.04 Å². The molecular formula is C15H12N2OS. The Morgan fingerprint density at radius 3 is 2.84 bits per heavy atom. The van der Waals surface area contributed by atoms with Gasteiger partial charge in [0.15, 0.2) is 5.78 Å². The second kappa shape index (κ2) is 4.91. The number of carbonyl (C=O) groups is 1. The van der Waals surface area contributed by atoms with E-state index in [0.29, 0.717) is 5.56 Å². The molecule has 0 bridgehead atoms. The van der Waals surface area contributed by atoms with Crippen LogP contribution in [-0.4, -0.2) is 10.8 Å². The smallest absolute Gasteiger partial charge is 0.185 e. The first kappa shape index (κ1) is 12.0. The largest absolute Gasteiger partial charge is 0.317 e. The van der Waals surface area contributed by atoms with E-state index in [0.717, 1.165) is 15.8 Å². The molecule has 3 rings (SSSR count). The van der Waals surface area contributed by atoms with Crippen LogP contribution in [0.3, 0.4) is 0 Å². The number of carbonyl (C=O) groups excluding carboxylic acids is 1. The van der Waals surface area contributed by atoms with Gasteiger partial charge in [0.05, 0.1) is 5.52 Å². The van der Waals surface area contributed by atoms with E-state index in [2.05, 4.69) is 4.98 Å². The molecule has 0 amide bonds. The van der Waals surface area contributed by atoms with Crippen molar-refractivity contribution in [3.05, 3.63) is 64.5 Å². The normalized spacial score (nSPS) is 12.5. The van der Waals surface area contributed by atoms with Crippen LogP contribution in [0.25, 0.3) is 10.9 Å². The van der Waals surface area contributed by atoms with Gasteiger partial charge in [-0.2, -0.15) is 0 Å². The number of fused-ring (bicyclic) bond motifs is 1. The molecule has 0 fully saturated rings. The fraction of sp³-hybridized carbons (Fsp3) is 0.0667. The standard InChI is InChI=1S/C15H12N2OS/c16-14(13-7-3-9-19-13)15(18)11-4-1-6-12-10(11)5-2-8-17-12/h1-9,14H,16H2. The lowest BCUT2D eigenvalue weighted by Crippen LogP contribution is -2.20. The molecular weight excluding hydrogens is 256 g/mol. The Balaban J connectivity index is 2.07. The summed E-state index contributed by atoms with van der Waals surface area (Å²) in [5.74, 6) is -0.0685. The van der Waals surface area contributed by atoms with Crippen molar-refractivity contribution >= 4 is 28.0 Å². The average Bonchev–Trinajstić information content (AvgIpc) is 2.99. The Morgan fingerprint density at radius 1 is 1.16 bits per heavy atom. The molecule has 2 N–H and O–H groups in total. The summed E-state index contributed by atoms with van der Waals surface area (Å²) in [6, 6.07) is 12.4. The van der Waals surface area contributed by atoms with Gasteiger partial charge in [-0.05, 0) is 23.6 Å². The maximum atomic E-state index is 12.5. The Labute approximate surface area is 114 Å². The van der Waals surface area contributed by atoms with Crippen LogP contribution in [0.1, 0.15) is 21.3 Å². The Kier molecular flexibility index (Phi) is 3.11. The van der Waals surface area contributed by atoms with Crippen molar-refractivity contribution in [3.63, 3.8) is 0 Å². The number of rotatable bonds is 3. The number of ketones is 1.